The Bertz CT molecular complexity index is 425. The standard InChI is InChI=1S/C16H22Br2O/c1-3-16(9-5-6-10-16)15(18)13-8-7-12(19-4-2)11-14(13)17/h7-8,11,15H,3-6,9-10H2,1-2H3. The van der Waals surface area contributed by atoms with Crippen molar-refractivity contribution in [2.45, 2.75) is 50.8 Å². The minimum absolute atomic E-state index is 0.426. The molecule has 1 nitrogen and oxygen atoms in total. The number of alkyl halides is 1. The van der Waals surface area contributed by atoms with E-state index in [1.807, 2.05) is 6.92 Å². The van der Waals surface area contributed by atoms with Crippen LogP contribution in [0.2, 0.25) is 0 Å². The molecule has 0 N–H and O–H groups in total. The summed E-state index contributed by atoms with van der Waals surface area (Å²) in [6.07, 6.45) is 6.63. The van der Waals surface area contributed by atoms with Gasteiger partial charge in [0.05, 0.1) is 6.61 Å². The van der Waals surface area contributed by atoms with Crippen LogP contribution in [0.1, 0.15) is 56.3 Å². The van der Waals surface area contributed by atoms with Crippen molar-refractivity contribution in [3.63, 3.8) is 0 Å². The van der Waals surface area contributed by atoms with Gasteiger partial charge in [0.15, 0.2) is 0 Å². The lowest BCUT2D eigenvalue weighted by Gasteiger charge is -2.34. The lowest BCUT2D eigenvalue weighted by Crippen LogP contribution is -2.21. The molecule has 1 unspecified atom stereocenters. The molecule has 1 aliphatic carbocycles. The highest BCUT2D eigenvalue weighted by Gasteiger charge is 2.39. The highest BCUT2D eigenvalue weighted by molar-refractivity contribution is 9.11. The molecule has 0 aromatic heterocycles. The zero-order chi connectivity index (χ0) is 13.9. The summed E-state index contributed by atoms with van der Waals surface area (Å²) in [6, 6.07) is 6.37. The van der Waals surface area contributed by atoms with Crippen LogP contribution >= 0.6 is 31.9 Å². The molecule has 1 fully saturated rings. The van der Waals surface area contributed by atoms with Crippen molar-refractivity contribution in [1.82, 2.24) is 0 Å². The van der Waals surface area contributed by atoms with E-state index < -0.39 is 0 Å². The molecule has 0 radical (unpaired) electrons. The first-order chi connectivity index (χ1) is 9.13. The Morgan fingerprint density at radius 3 is 2.47 bits per heavy atom. The summed E-state index contributed by atoms with van der Waals surface area (Å²) >= 11 is 7.68. The van der Waals surface area contributed by atoms with Crippen molar-refractivity contribution < 1.29 is 4.74 Å². The summed E-state index contributed by atoms with van der Waals surface area (Å²) in [5.74, 6) is 0.940. The number of hydrogen-bond donors (Lipinski definition) is 0. The Balaban J connectivity index is 2.25. The summed E-state index contributed by atoms with van der Waals surface area (Å²) < 4.78 is 6.71. The zero-order valence-corrected chi connectivity index (χ0v) is 14.9. The number of ether oxygens (including phenoxy) is 1. The Morgan fingerprint density at radius 2 is 1.95 bits per heavy atom. The van der Waals surface area contributed by atoms with Gasteiger partial charge in [0.1, 0.15) is 5.75 Å². The van der Waals surface area contributed by atoms with E-state index in [-0.39, 0.29) is 0 Å². The lowest BCUT2D eigenvalue weighted by molar-refractivity contribution is 0.278. The minimum atomic E-state index is 0.426. The summed E-state index contributed by atoms with van der Waals surface area (Å²) in [5, 5.41) is 0. The van der Waals surface area contributed by atoms with Crippen LogP contribution in [-0.2, 0) is 0 Å². The van der Waals surface area contributed by atoms with Crippen molar-refractivity contribution in [3.05, 3.63) is 28.2 Å². The molecule has 1 saturated carbocycles. The highest BCUT2D eigenvalue weighted by Crippen LogP contribution is 2.55. The molecule has 1 aromatic carbocycles. The third kappa shape index (κ3) is 3.18. The number of hydrogen-bond acceptors (Lipinski definition) is 1. The third-order valence-corrected chi connectivity index (χ3v) is 6.55. The van der Waals surface area contributed by atoms with Crippen molar-refractivity contribution in [2.75, 3.05) is 6.61 Å². The fourth-order valence-corrected chi connectivity index (χ4v) is 5.24. The molecule has 0 bridgehead atoms. The molecular formula is C16H22Br2O. The Hall–Kier alpha value is -0.0200. The molecule has 1 aliphatic rings. The van der Waals surface area contributed by atoms with Gasteiger partial charge in [-0.3, -0.25) is 0 Å². The van der Waals surface area contributed by atoms with Gasteiger partial charge in [0, 0.05) is 9.30 Å². The van der Waals surface area contributed by atoms with Crippen LogP contribution in [-0.4, -0.2) is 6.61 Å². The molecule has 1 atom stereocenters. The van der Waals surface area contributed by atoms with E-state index >= 15 is 0 Å². The van der Waals surface area contributed by atoms with Gasteiger partial charge in [0.2, 0.25) is 0 Å². The molecule has 2 rings (SSSR count). The van der Waals surface area contributed by atoms with E-state index in [0.29, 0.717) is 16.8 Å². The molecule has 0 spiro atoms. The Labute approximate surface area is 133 Å². The quantitative estimate of drug-likeness (QED) is 0.540. The average Bonchev–Trinajstić information content (AvgIpc) is 2.88. The fraction of sp³-hybridized carbons (Fsp3) is 0.625. The van der Waals surface area contributed by atoms with Gasteiger partial charge in [-0.15, -0.1) is 0 Å². The summed E-state index contributed by atoms with van der Waals surface area (Å²) in [5.41, 5.74) is 1.78. The fourth-order valence-electron chi connectivity index (χ4n) is 3.17. The second-order valence-electron chi connectivity index (χ2n) is 5.40. The van der Waals surface area contributed by atoms with Gasteiger partial charge in [-0.25, -0.2) is 0 Å². The van der Waals surface area contributed by atoms with Crippen molar-refractivity contribution in [3.8, 4) is 5.75 Å². The SMILES string of the molecule is CCOc1ccc(C(Br)C2(CC)CCCC2)c(Br)c1. The van der Waals surface area contributed by atoms with E-state index in [1.165, 1.54) is 37.7 Å². The van der Waals surface area contributed by atoms with Crippen LogP contribution in [0.25, 0.3) is 0 Å². The molecule has 0 heterocycles. The number of halogens is 2. The first kappa shape index (κ1) is 15.4. The summed E-state index contributed by atoms with van der Waals surface area (Å²) in [7, 11) is 0. The van der Waals surface area contributed by atoms with Crippen LogP contribution in [0.15, 0.2) is 22.7 Å². The lowest BCUT2D eigenvalue weighted by atomic mass is 9.77. The second-order valence-corrected chi connectivity index (χ2v) is 7.17. The van der Waals surface area contributed by atoms with Crippen molar-refractivity contribution in [2.24, 2.45) is 5.41 Å². The van der Waals surface area contributed by atoms with Gasteiger partial charge in [-0.1, -0.05) is 57.7 Å². The van der Waals surface area contributed by atoms with Gasteiger partial charge in [0.25, 0.3) is 0 Å². The van der Waals surface area contributed by atoms with E-state index in [2.05, 4.69) is 57.0 Å². The second kappa shape index (κ2) is 6.62. The first-order valence-electron chi connectivity index (χ1n) is 7.19. The maximum absolute atomic E-state index is 5.55. The molecule has 3 heteroatoms. The normalized spacial score (nSPS) is 19.4. The summed E-state index contributed by atoms with van der Waals surface area (Å²) in [6.45, 7) is 5.05. The molecule has 19 heavy (non-hydrogen) atoms. The van der Waals surface area contributed by atoms with E-state index in [4.69, 9.17) is 4.74 Å². The van der Waals surface area contributed by atoms with Crippen LogP contribution in [0.4, 0.5) is 0 Å². The smallest absolute Gasteiger partial charge is 0.120 e. The Kier molecular flexibility index (Phi) is 5.36. The van der Waals surface area contributed by atoms with Crippen LogP contribution in [0, 0.1) is 5.41 Å². The average molecular weight is 390 g/mol. The van der Waals surface area contributed by atoms with Crippen molar-refractivity contribution >= 4 is 31.9 Å². The topological polar surface area (TPSA) is 9.23 Å². The van der Waals surface area contributed by atoms with Gasteiger partial charge in [-0.2, -0.15) is 0 Å². The van der Waals surface area contributed by atoms with Gasteiger partial charge < -0.3 is 4.74 Å². The molecule has 0 aliphatic heterocycles. The van der Waals surface area contributed by atoms with Crippen LogP contribution in [0.3, 0.4) is 0 Å². The molecule has 1 aromatic rings. The first-order valence-corrected chi connectivity index (χ1v) is 8.90. The van der Waals surface area contributed by atoms with Crippen LogP contribution in [0.5, 0.6) is 5.75 Å². The van der Waals surface area contributed by atoms with E-state index in [0.717, 1.165) is 10.2 Å². The van der Waals surface area contributed by atoms with Gasteiger partial charge >= 0.3 is 0 Å². The third-order valence-electron chi connectivity index (χ3n) is 4.40. The minimum Gasteiger partial charge on any atom is -0.494 e. The van der Waals surface area contributed by atoms with Crippen molar-refractivity contribution in [1.29, 1.82) is 0 Å². The van der Waals surface area contributed by atoms with Crippen LogP contribution < -0.4 is 4.74 Å². The highest BCUT2D eigenvalue weighted by atomic mass is 79.9. The van der Waals surface area contributed by atoms with E-state index in [9.17, 15) is 0 Å². The zero-order valence-electron chi connectivity index (χ0n) is 11.7. The maximum atomic E-state index is 5.55. The summed E-state index contributed by atoms with van der Waals surface area (Å²) in [4.78, 5) is 0.428. The Morgan fingerprint density at radius 1 is 1.26 bits per heavy atom. The van der Waals surface area contributed by atoms with E-state index in [1.54, 1.807) is 0 Å². The maximum Gasteiger partial charge on any atom is 0.120 e. The molecule has 0 amide bonds. The predicted octanol–water partition coefficient (Wildman–Crippen LogP) is 6.25. The van der Waals surface area contributed by atoms with Gasteiger partial charge in [-0.05, 0) is 49.3 Å². The molecular weight excluding hydrogens is 368 g/mol. The predicted molar refractivity (Wildman–Crippen MR) is 88.2 cm³/mol. The number of rotatable bonds is 5. The molecule has 0 saturated heterocycles. The largest absolute Gasteiger partial charge is 0.494 e. The molecule has 106 valence electrons. The monoisotopic (exact) mass is 388 g/mol. The number of benzene rings is 1.